The lowest BCUT2D eigenvalue weighted by atomic mass is 10.1. The van der Waals surface area contributed by atoms with E-state index in [0.717, 1.165) is 12.1 Å². The van der Waals surface area contributed by atoms with E-state index in [0.29, 0.717) is 12.2 Å². The van der Waals surface area contributed by atoms with E-state index in [9.17, 15) is 13.2 Å². The molecule has 1 atom stereocenters. The second-order valence-corrected chi connectivity index (χ2v) is 6.28. The molecule has 4 N–H and O–H groups in total. The summed E-state index contributed by atoms with van der Waals surface area (Å²) in [4.78, 5) is 12.0. The van der Waals surface area contributed by atoms with Crippen molar-refractivity contribution in [1.82, 2.24) is 5.32 Å². The fraction of sp³-hybridized carbons (Fsp3) is 0.462. The molecule has 0 fully saturated rings. The van der Waals surface area contributed by atoms with Crippen LogP contribution >= 0.6 is 0 Å². The molecule has 0 saturated heterocycles. The molecule has 0 aliphatic rings. The molecule has 6 nitrogen and oxygen atoms in total. The lowest BCUT2D eigenvalue weighted by Gasteiger charge is -2.14. The molecular weight excluding hydrogens is 278 g/mol. The SMILES string of the molecule is CCNCC(C)C(=O)Nc1cc(S(N)(=O)=O)ccc1C. The predicted molar refractivity (Wildman–Crippen MR) is 78.9 cm³/mol. The van der Waals surface area contributed by atoms with Crippen molar-refractivity contribution in [2.24, 2.45) is 11.1 Å². The highest BCUT2D eigenvalue weighted by Gasteiger charge is 2.15. The molecule has 20 heavy (non-hydrogen) atoms. The fourth-order valence-corrected chi connectivity index (χ4v) is 2.16. The summed E-state index contributed by atoms with van der Waals surface area (Å²) in [5.41, 5.74) is 1.24. The Hall–Kier alpha value is -1.44. The van der Waals surface area contributed by atoms with Crippen LogP contribution in [0.25, 0.3) is 0 Å². The molecule has 0 aliphatic heterocycles. The lowest BCUT2D eigenvalue weighted by molar-refractivity contribution is -0.119. The Balaban J connectivity index is 2.89. The zero-order valence-corrected chi connectivity index (χ0v) is 12.8. The van der Waals surface area contributed by atoms with Crippen molar-refractivity contribution in [3.8, 4) is 0 Å². The third-order valence-electron chi connectivity index (χ3n) is 2.94. The van der Waals surface area contributed by atoms with Crippen molar-refractivity contribution in [2.45, 2.75) is 25.7 Å². The van der Waals surface area contributed by atoms with Crippen molar-refractivity contribution >= 4 is 21.6 Å². The number of sulfonamides is 1. The molecule has 1 aromatic carbocycles. The van der Waals surface area contributed by atoms with E-state index in [1.54, 1.807) is 19.9 Å². The Kier molecular flexibility index (Phi) is 5.67. The van der Waals surface area contributed by atoms with Crippen LogP contribution in [0.2, 0.25) is 0 Å². The van der Waals surface area contributed by atoms with Gasteiger partial charge in [-0.15, -0.1) is 0 Å². The van der Waals surface area contributed by atoms with Crippen LogP contribution in [0.3, 0.4) is 0 Å². The normalized spacial score (nSPS) is 13.0. The number of hydrogen-bond donors (Lipinski definition) is 3. The zero-order chi connectivity index (χ0) is 15.3. The van der Waals surface area contributed by atoms with E-state index in [1.807, 2.05) is 6.92 Å². The number of carbonyl (C=O) groups is 1. The van der Waals surface area contributed by atoms with Crippen LogP contribution in [-0.4, -0.2) is 27.4 Å². The highest BCUT2D eigenvalue weighted by atomic mass is 32.2. The summed E-state index contributed by atoms with van der Waals surface area (Å²) < 4.78 is 22.6. The first kappa shape index (κ1) is 16.6. The number of amides is 1. The number of primary sulfonamides is 1. The van der Waals surface area contributed by atoms with Crippen molar-refractivity contribution < 1.29 is 13.2 Å². The standard InChI is InChI=1S/C13H21N3O3S/c1-4-15-8-10(3)13(17)16-12-7-11(20(14,18)19)6-5-9(12)2/h5-7,10,15H,4,8H2,1-3H3,(H,16,17)(H2,14,18,19). The Morgan fingerprint density at radius 2 is 2.05 bits per heavy atom. The summed E-state index contributed by atoms with van der Waals surface area (Å²) in [5.74, 6) is -0.381. The maximum absolute atomic E-state index is 12.0. The van der Waals surface area contributed by atoms with Crippen molar-refractivity contribution in [3.05, 3.63) is 23.8 Å². The summed E-state index contributed by atoms with van der Waals surface area (Å²) in [6, 6.07) is 4.41. The zero-order valence-electron chi connectivity index (χ0n) is 11.9. The smallest absolute Gasteiger partial charge is 0.238 e. The third-order valence-corrected chi connectivity index (χ3v) is 3.85. The topological polar surface area (TPSA) is 101 Å². The van der Waals surface area contributed by atoms with Crippen LogP contribution in [0.4, 0.5) is 5.69 Å². The summed E-state index contributed by atoms with van der Waals surface area (Å²) >= 11 is 0. The number of hydrogen-bond acceptors (Lipinski definition) is 4. The summed E-state index contributed by atoms with van der Waals surface area (Å²) in [6.45, 7) is 6.91. The lowest BCUT2D eigenvalue weighted by Crippen LogP contribution is -2.30. The minimum Gasteiger partial charge on any atom is -0.326 e. The Morgan fingerprint density at radius 3 is 2.60 bits per heavy atom. The second kappa shape index (κ2) is 6.83. The van der Waals surface area contributed by atoms with Gasteiger partial charge in [-0.05, 0) is 31.2 Å². The highest BCUT2D eigenvalue weighted by Crippen LogP contribution is 2.20. The van der Waals surface area contributed by atoms with Gasteiger partial charge < -0.3 is 10.6 Å². The van der Waals surface area contributed by atoms with Crippen LogP contribution in [0.5, 0.6) is 0 Å². The molecule has 1 amide bonds. The molecule has 1 rings (SSSR count). The van der Waals surface area contributed by atoms with Crippen LogP contribution in [0.1, 0.15) is 19.4 Å². The van der Waals surface area contributed by atoms with E-state index in [1.165, 1.54) is 12.1 Å². The van der Waals surface area contributed by atoms with Gasteiger partial charge in [0, 0.05) is 18.2 Å². The van der Waals surface area contributed by atoms with Gasteiger partial charge in [-0.2, -0.15) is 0 Å². The van der Waals surface area contributed by atoms with Gasteiger partial charge in [0.15, 0.2) is 0 Å². The summed E-state index contributed by atoms with van der Waals surface area (Å²) in [6.07, 6.45) is 0. The first-order chi connectivity index (χ1) is 9.25. The molecule has 0 heterocycles. The van der Waals surface area contributed by atoms with Gasteiger partial charge >= 0.3 is 0 Å². The molecule has 0 spiro atoms. The first-order valence-corrected chi connectivity index (χ1v) is 7.95. The molecule has 112 valence electrons. The molecule has 1 aromatic rings. The molecular formula is C13H21N3O3S. The average molecular weight is 299 g/mol. The van der Waals surface area contributed by atoms with Gasteiger partial charge in [-0.25, -0.2) is 13.6 Å². The van der Waals surface area contributed by atoms with E-state index in [4.69, 9.17) is 5.14 Å². The molecule has 0 bridgehead atoms. The number of nitrogens with two attached hydrogens (primary N) is 1. The van der Waals surface area contributed by atoms with Gasteiger partial charge in [0.2, 0.25) is 15.9 Å². The minimum atomic E-state index is -3.78. The Labute approximate surface area is 119 Å². The fourth-order valence-electron chi connectivity index (χ4n) is 1.62. The molecule has 1 unspecified atom stereocenters. The van der Waals surface area contributed by atoms with Gasteiger partial charge in [-0.1, -0.05) is 19.9 Å². The maximum Gasteiger partial charge on any atom is 0.238 e. The van der Waals surface area contributed by atoms with Crippen molar-refractivity contribution in [2.75, 3.05) is 18.4 Å². The third kappa shape index (κ3) is 4.59. The predicted octanol–water partition coefficient (Wildman–Crippen LogP) is 0.827. The summed E-state index contributed by atoms with van der Waals surface area (Å²) in [7, 11) is -3.78. The van der Waals surface area contributed by atoms with Crippen molar-refractivity contribution in [1.29, 1.82) is 0 Å². The Bertz CT molecular complexity index is 585. The minimum absolute atomic E-state index is 0.0160. The number of rotatable bonds is 6. The second-order valence-electron chi connectivity index (χ2n) is 4.72. The molecule has 0 saturated carbocycles. The summed E-state index contributed by atoms with van der Waals surface area (Å²) in [5, 5.41) is 10.9. The van der Waals surface area contributed by atoms with Crippen LogP contribution in [0.15, 0.2) is 23.1 Å². The number of aryl methyl sites for hydroxylation is 1. The van der Waals surface area contributed by atoms with Crippen LogP contribution < -0.4 is 15.8 Å². The number of anilines is 1. The van der Waals surface area contributed by atoms with Crippen LogP contribution in [-0.2, 0) is 14.8 Å². The largest absolute Gasteiger partial charge is 0.326 e. The maximum atomic E-state index is 12.0. The number of carbonyl (C=O) groups excluding carboxylic acids is 1. The van der Waals surface area contributed by atoms with Gasteiger partial charge in [-0.3, -0.25) is 4.79 Å². The molecule has 0 aromatic heterocycles. The van der Waals surface area contributed by atoms with Crippen molar-refractivity contribution in [3.63, 3.8) is 0 Å². The molecule has 0 radical (unpaired) electrons. The van der Waals surface area contributed by atoms with Gasteiger partial charge in [0.05, 0.1) is 4.90 Å². The van der Waals surface area contributed by atoms with E-state index < -0.39 is 10.0 Å². The monoisotopic (exact) mass is 299 g/mol. The first-order valence-electron chi connectivity index (χ1n) is 6.40. The average Bonchev–Trinajstić information content (AvgIpc) is 2.37. The van der Waals surface area contributed by atoms with E-state index in [2.05, 4.69) is 10.6 Å². The Morgan fingerprint density at radius 1 is 1.40 bits per heavy atom. The van der Waals surface area contributed by atoms with E-state index >= 15 is 0 Å². The highest BCUT2D eigenvalue weighted by molar-refractivity contribution is 7.89. The number of benzene rings is 1. The number of nitrogens with one attached hydrogen (secondary N) is 2. The van der Waals surface area contributed by atoms with Crippen LogP contribution in [0, 0.1) is 12.8 Å². The molecule has 7 heteroatoms. The molecule has 0 aliphatic carbocycles. The van der Waals surface area contributed by atoms with E-state index in [-0.39, 0.29) is 16.7 Å². The quantitative estimate of drug-likeness (QED) is 0.724. The van der Waals surface area contributed by atoms with Gasteiger partial charge in [0.25, 0.3) is 0 Å². The van der Waals surface area contributed by atoms with Gasteiger partial charge in [0.1, 0.15) is 0 Å².